The maximum atomic E-state index is 13.2. The van der Waals surface area contributed by atoms with E-state index < -0.39 is 32.6 Å². The lowest BCUT2D eigenvalue weighted by molar-refractivity contribution is -0.140. The molecular formula is C17H23F3N2O4S. The van der Waals surface area contributed by atoms with E-state index in [0.717, 1.165) is 22.5 Å². The first-order chi connectivity index (χ1) is 12.6. The lowest BCUT2D eigenvalue weighted by Crippen LogP contribution is -2.45. The lowest BCUT2D eigenvalue weighted by Gasteiger charge is -2.33. The topological polar surface area (TPSA) is 77.9 Å². The van der Waals surface area contributed by atoms with Gasteiger partial charge in [0.15, 0.2) is 0 Å². The highest BCUT2D eigenvalue weighted by Crippen LogP contribution is 2.36. The molecule has 0 aliphatic carbocycles. The van der Waals surface area contributed by atoms with Crippen molar-refractivity contribution in [3.8, 4) is 0 Å². The third kappa shape index (κ3) is 4.80. The van der Waals surface area contributed by atoms with Crippen LogP contribution in [0.5, 0.6) is 0 Å². The number of carbonyl (C=O) groups excluding carboxylic acids is 1. The molecule has 0 spiro atoms. The molecule has 0 unspecified atom stereocenters. The van der Waals surface area contributed by atoms with Crippen LogP contribution in [-0.2, 0) is 21.0 Å². The highest BCUT2D eigenvalue weighted by molar-refractivity contribution is 7.89. The Morgan fingerprint density at radius 3 is 2.37 bits per heavy atom. The summed E-state index contributed by atoms with van der Waals surface area (Å²) in [6, 6.07) is 4.10. The number of sulfonamides is 1. The van der Waals surface area contributed by atoms with Crippen molar-refractivity contribution in [3.05, 3.63) is 29.8 Å². The molecular weight excluding hydrogens is 385 g/mol. The molecule has 0 atom stereocenters. The van der Waals surface area contributed by atoms with Gasteiger partial charge in [-0.15, -0.1) is 0 Å². The van der Waals surface area contributed by atoms with Gasteiger partial charge in [0.05, 0.1) is 17.1 Å². The summed E-state index contributed by atoms with van der Waals surface area (Å²) in [5, 5.41) is 9.01. The number of aliphatic hydroxyl groups excluding tert-OH is 1. The Kier molecular flexibility index (Phi) is 6.87. The third-order valence-electron chi connectivity index (χ3n) is 4.68. The Morgan fingerprint density at radius 1 is 1.26 bits per heavy atom. The number of nitrogens with zero attached hydrogens (tertiary/aromatic N) is 2. The van der Waals surface area contributed by atoms with Crippen molar-refractivity contribution in [1.29, 1.82) is 0 Å². The van der Waals surface area contributed by atoms with Crippen LogP contribution in [0.3, 0.4) is 0 Å². The quantitative estimate of drug-likeness (QED) is 0.781. The van der Waals surface area contributed by atoms with E-state index in [-0.39, 0.29) is 45.0 Å². The molecule has 1 aliphatic rings. The van der Waals surface area contributed by atoms with Gasteiger partial charge < -0.3 is 10.0 Å². The second kappa shape index (κ2) is 8.57. The number of carbonyl (C=O) groups is 1. The molecule has 1 aromatic carbocycles. The minimum Gasteiger partial charge on any atom is -0.395 e. The second-order valence-corrected chi connectivity index (χ2v) is 8.22. The SMILES string of the molecule is CCN(CCO)C(=O)C1CCN(S(=O)(=O)c2ccccc2C(F)(F)F)CC1. The third-order valence-corrected chi connectivity index (χ3v) is 6.63. The number of likely N-dealkylation sites (N-methyl/N-ethyl adjacent to an activating group) is 1. The van der Waals surface area contributed by atoms with E-state index in [1.165, 1.54) is 11.0 Å². The summed E-state index contributed by atoms with van der Waals surface area (Å²) in [5.74, 6) is -0.569. The fourth-order valence-electron chi connectivity index (χ4n) is 3.21. The minimum atomic E-state index is -4.77. The Balaban J connectivity index is 2.15. The van der Waals surface area contributed by atoms with Gasteiger partial charge >= 0.3 is 6.18 Å². The van der Waals surface area contributed by atoms with E-state index in [1.807, 2.05) is 0 Å². The summed E-state index contributed by atoms with van der Waals surface area (Å²) >= 11 is 0. The first kappa shape index (κ1) is 21.6. The number of alkyl halides is 3. The van der Waals surface area contributed by atoms with Gasteiger partial charge in [-0.3, -0.25) is 4.79 Å². The van der Waals surface area contributed by atoms with Crippen molar-refractivity contribution < 1.29 is 31.5 Å². The fourth-order valence-corrected chi connectivity index (χ4v) is 4.89. The number of aliphatic hydroxyl groups is 1. The highest BCUT2D eigenvalue weighted by Gasteiger charge is 2.40. The molecule has 10 heteroatoms. The van der Waals surface area contributed by atoms with Crippen LogP contribution in [0.2, 0.25) is 0 Å². The Hall–Kier alpha value is -1.65. The van der Waals surface area contributed by atoms with Crippen LogP contribution in [0.4, 0.5) is 13.2 Å². The first-order valence-corrected chi connectivity index (χ1v) is 10.1. The van der Waals surface area contributed by atoms with Crippen molar-refractivity contribution in [1.82, 2.24) is 9.21 Å². The number of rotatable bonds is 6. The molecule has 0 bridgehead atoms. The second-order valence-electron chi connectivity index (χ2n) is 6.31. The Bertz CT molecular complexity index is 760. The molecule has 6 nitrogen and oxygen atoms in total. The average Bonchev–Trinajstić information content (AvgIpc) is 2.65. The monoisotopic (exact) mass is 408 g/mol. The Morgan fingerprint density at radius 2 is 1.85 bits per heavy atom. The van der Waals surface area contributed by atoms with Crippen LogP contribution in [0.25, 0.3) is 0 Å². The summed E-state index contributed by atoms with van der Waals surface area (Å²) in [6.07, 6.45) is -4.31. The molecule has 1 amide bonds. The highest BCUT2D eigenvalue weighted by atomic mass is 32.2. The van der Waals surface area contributed by atoms with Gasteiger partial charge in [0.25, 0.3) is 0 Å². The molecule has 2 rings (SSSR count). The van der Waals surface area contributed by atoms with Crippen molar-refractivity contribution in [3.63, 3.8) is 0 Å². The number of hydrogen-bond acceptors (Lipinski definition) is 4. The maximum absolute atomic E-state index is 13.2. The van der Waals surface area contributed by atoms with Gasteiger partial charge in [-0.05, 0) is 31.9 Å². The number of piperidine rings is 1. The van der Waals surface area contributed by atoms with Crippen molar-refractivity contribution in [2.45, 2.75) is 30.8 Å². The van der Waals surface area contributed by atoms with E-state index in [1.54, 1.807) is 6.92 Å². The van der Waals surface area contributed by atoms with Crippen LogP contribution in [-0.4, -0.2) is 61.4 Å². The number of halogens is 3. The zero-order valence-electron chi connectivity index (χ0n) is 14.9. The standard InChI is InChI=1S/C17H23F3N2O4S/c1-2-21(11-12-23)16(24)13-7-9-22(10-8-13)27(25,26)15-6-4-3-5-14(15)17(18,19)20/h3-6,13,23H,2,7-12H2,1H3. The molecule has 1 saturated heterocycles. The van der Waals surface area contributed by atoms with Gasteiger partial charge in [-0.2, -0.15) is 17.5 Å². The molecule has 1 fully saturated rings. The van der Waals surface area contributed by atoms with Crippen molar-refractivity contribution >= 4 is 15.9 Å². The number of benzene rings is 1. The van der Waals surface area contributed by atoms with Crippen molar-refractivity contribution in [2.24, 2.45) is 5.92 Å². The molecule has 27 heavy (non-hydrogen) atoms. The molecule has 1 aromatic rings. The van der Waals surface area contributed by atoms with E-state index in [2.05, 4.69) is 0 Å². The molecule has 0 radical (unpaired) electrons. The molecule has 1 aliphatic heterocycles. The van der Waals surface area contributed by atoms with Gasteiger partial charge in [0.1, 0.15) is 0 Å². The molecule has 1 N–H and O–H groups in total. The van der Waals surface area contributed by atoms with E-state index in [0.29, 0.717) is 6.54 Å². The summed E-state index contributed by atoms with van der Waals surface area (Å²) in [4.78, 5) is 13.2. The van der Waals surface area contributed by atoms with E-state index >= 15 is 0 Å². The summed E-state index contributed by atoms with van der Waals surface area (Å²) in [6.45, 7) is 2.19. The van der Waals surface area contributed by atoms with E-state index in [4.69, 9.17) is 5.11 Å². The fraction of sp³-hybridized carbons (Fsp3) is 0.588. The number of amides is 1. The zero-order chi connectivity index (χ0) is 20.2. The molecule has 1 heterocycles. The smallest absolute Gasteiger partial charge is 0.395 e. The van der Waals surface area contributed by atoms with Gasteiger partial charge in [-0.25, -0.2) is 8.42 Å². The number of hydrogen-bond donors (Lipinski definition) is 1. The normalized spacial score (nSPS) is 17.1. The van der Waals surface area contributed by atoms with Crippen LogP contribution in [0, 0.1) is 5.92 Å². The van der Waals surface area contributed by atoms with Crippen LogP contribution in [0.15, 0.2) is 29.2 Å². The first-order valence-electron chi connectivity index (χ1n) is 8.69. The van der Waals surface area contributed by atoms with Crippen LogP contribution in [0.1, 0.15) is 25.3 Å². The largest absolute Gasteiger partial charge is 0.417 e. The predicted molar refractivity (Wildman–Crippen MR) is 92.3 cm³/mol. The van der Waals surface area contributed by atoms with E-state index in [9.17, 15) is 26.4 Å². The summed E-state index contributed by atoms with van der Waals surface area (Å²) in [7, 11) is -4.31. The van der Waals surface area contributed by atoms with Crippen molar-refractivity contribution in [2.75, 3.05) is 32.8 Å². The molecule has 0 aromatic heterocycles. The summed E-state index contributed by atoms with van der Waals surface area (Å²) in [5.41, 5.74) is -1.19. The zero-order valence-corrected chi connectivity index (χ0v) is 15.8. The summed E-state index contributed by atoms with van der Waals surface area (Å²) < 4.78 is 65.9. The van der Waals surface area contributed by atoms with Gasteiger partial charge in [0.2, 0.25) is 15.9 Å². The average molecular weight is 408 g/mol. The van der Waals surface area contributed by atoms with Crippen LogP contribution >= 0.6 is 0 Å². The molecule has 0 saturated carbocycles. The minimum absolute atomic E-state index is 0.0262. The molecule has 152 valence electrons. The van der Waals surface area contributed by atoms with Gasteiger partial charge in [0, 0.05) is 32.1 Å². The van der Waals surface area contributed by atoms with Crippen LogP contribution < -0.4 is 0 Å². The Labute approximate surface area is 156 Å². The lowest BCUT2D eigenvalue weighted by atomic mass is 9.96. The maximum Gasteiger partial charge on any atom is 0.417 e. The predicted octanol–water partition coefficient (Wildman–Crippen LogP) is 1.95. The van der Waals surface area contributed by atoms with Gasteiger partial charge in [-0.1, -0.05) is 12.1 Å².